The van der Waals surface area contributed by atoms with Crippen molar-refractivity contribution in [2.24, 2.45) is 11.8 Å². The maximum atomic E-state index is 13.2. The van der Waals surface area contributed by atoms with Crippen molar-refractivity contribution < 1.29 is 0 Å². The van der Waals surface area contributed by atoms with Crippen molar-refractivity contribution in [2.75, 3.05) is 0 Å². The third-order valence-electron chi connectivity index (χ3n) is 6.47. The maximum Gasteiger partial charge on any atom is 0.280 e. The first-order valence-corrected chi connectivity index (χ1v) is 10.4. The summed E-state index contributed by atoms with van der Waals surface area (Å²) in [6.07, 6.45) is 7.04. The molecule has 6 nitrogen and oxygen atoms in total. The molecule has 0 unspecified atom stereocenters. The van der Waals surface area contributed by atoms with Gasteiger partial charge in [-0.1, -0.05) is 50.4 Å². The lowest BCUT2D eigenvalue weighted by Gasteiger charge is -2.35. The highest BCUT2D eigenvalue weighted by Crippen LogP contribution is 2.37. The standard InChI is InChI=1S/C22H22ClN5O/c1-13-4-3-5-18(14(13)2)27-11-10-19-20(22(27)29)25-26-21-17(12-24-28(19)21)15-6-8-16(23)9-7-15/h6-14,18H,3-5H2,1-2H3/t13-,14+,18-/m1/s1. The zero-order chi connectivity index (χ0) is 20.1. The number of fused-ring (bicyclic) bond motifs is 3. The molecule has 1 aliphatic carbocycles. The van der Waals surface area contributed by atoms with Crippen LogP contribution >= 0.6 is 11.6 Å². The van der Waals surface area contributed by atoms with E-state index in [2.05, 4.69) is 29.1 Å². The molecule has 0 amide bonds. The third kappa shape index (κ3) is 2.94. The van der Waals surface area contributed by atoms with Gasteiger partial charge in [0.2, 0.25) is 0 Å². The van der Waals surface area contributed by atoms with Crippen molar-refractivity contribution in [3.63, 3.8) is 0 Å². The maximum absolute atomic E-state index is 13.2. The lowest BCUT2D eigenvalue weighted by molar-refractivity contribution is 0.183. The predicted octanol–water partition coefficient (Wildman–Crippen LogP) is 4.76. The van der Waals surface area contributed by atoms with Crippen LogP contribution in [-0.2, 0) is 0 Å². The normalized spacial score (nSPS) is 22.4. The molecule has 5 rings (SSSR count). The van der Waals surface area contributed by atoms with E-state index in [0.717, 1.165) is 24.0 Å². The summed E-state index contributed by atoms with van der Waals surface area (Å²) in [6, 6.07) is 9.65. The minimum absolute atomic E-state index is 0.0913. The molecule has 1 fully saturated rings. The van der Waals surface area contributed by atoms with Crippen LogP contribution in [0.3, 0.4) is 0 Å². The van der Waals surface area contributed by atoms with E-state index >= 15 is 0 Å². The van der Waals surface area contributed by atoms with Gasteiger partial charge in [-0.3, -0.25) is 4.79 Å². The highest BCUT2D eigenvalue weighted by Gasteiger charge is 2.29. The Morgan fingerprint density at radius 3 is 2.66 bits per heavy atom. The number of hydrogen-bond acceptors (Lipinski definition) is 4. The van der Waals surface area contributed by atoms with Gasteiger partial charge < -0.3 is 4.57 Å². The molecular weight excluding hydrogens is 386 g/mol. The Morgan fingerprint density at radius 2 is 1.86 bits per heavy atom. The smallest absolute Gasteiger partial charge is 0.280 e. The summed E-state index contributed by atoms with van der Waals surface area (Å²) in [5.41, 5.74) is 3.37. The minimum atomic E-state index is -0.0913. The first kappa shape index (κ1) is 18.3. The molecule has 148 valence electrons. The van der Waals surface area contributed by atoms with Crippen molar-refractivity contribution in [1.29, 1.82) is 0 Å². The molecule has 0 aliphatic heterocycles. The summed E-state index contributed by atoms with van der Waals surface area (Å²) in [6.45, 7) is 4.51. The Hall–Kier alpha value is -2.73. The average Bonchev–Trinajstić information content (AvgIpc) is 3.16. The van der Waals surface area contributed by atoms with Crippen LogP contribution in [0.4, 0.5) is 0 Å². The number of aromatic nitrogens is 5. The number of pyridine rings is 1. The average molecular weight is 408 g/mol. The molecule has 3 atom stereocenters. The molecule has 3 heterocycles. The van der Waals surface area contributed by atoms with Crippen LogP contribution < -0.4 is 5.56 Å². The first-order valence-electron chi connectivity index (χ1n) is 10.1. The molecule has 0 N–H and O–H groups in total. The van der Waals surface area contributed by atoms with Gasteiger partial charge in [0.05, 0.1) is 6.20 Å². The molecule has 7 heteroatoms. The largest absolute Gasteiger partial charge is 0.310 e. The second kappa shape index (κ2) is 6.95. The van der Waals surface area contributed by atoms with Gasteiger partial charge in [-0.05, 0) is 42.0 Å². The van der Waals surface area contributed by atoms with Gasteiger partial charge >= 0.3 is 0 Å². The van der Waals surface area contributed by atoms with Crippen LogP contribution in [0, 0.1) is 11.8 Å². The lowest BCUT2D eigenvalue weighted by atomic mass is 9.78. The van der Waals surface area contributed by atoms with Crippen LogP contribution in [0.2, 0.25) is 5.02 Å². The predicted molar refractivity (Wildman–Crippen MR) is 114 cm³/mol. The number of hydrogen-bond donors (Lipinski definition) is 0. The molecule has 0 saturated heterocycles. The summed E-state index contributed by atoms with van der Waals surface area (Å²) >= 11 is 6.00. The zero-order valence-corrected chi connectivity index (χ0v) is 17.2. The van der Waals surface area contributed by atoms with Crippen LogP contribution in [-0.4, -0.2) is 24.4 Å². The van der Waals surface area contributed by atoms with E-state index < -0.39 is 0 Å². The molecule has 1 saturated carbocycles. The molecular formula is C22H22ClN5O. The molecule has 0 radical (unpaired) electrons. The number of benzene rings is 1. The Kier molecular flexibility index (Phi) is 4.39. The molecule has 1 aromatic carbocycles. The van der Waals surface area contributed by atoms with Gasteiger partial charge in [-0.2, -0.15) is 5.10 Å². The van der Waals surface area contributed by atoms with E-state index in [0.29, 0.717) is 33.5 Å². The fourth-order valence-corrected chi connectivity index (χ4v) is 4.67. The minimum Gasteiger partial charge on any atom is -0.310 e. The molecule has 1 aliphatic rings. The number of rotatable bonds is 2. The molecule has 0 spiro atoms. The summed E-state index contributed by atoms with van der Waals surface area (Å²) in [4.78, 5) is 13.2. The van der Waals surface area contributed by atoms with Crippen LogP contribution in [0.1, 0.15) is 39.2 Å². The molecule has 29 heavy (non-hydrogen) atoms. The van der Waals surface area contributed by atoms with Gasteiger partial charge in [-0.15, -0.1) is 10.2 Å². The highest BCUT2D eigenvalue weighted by atomic mass is 35.5. The zero-order valence-electron chi connectivity index (χ0n) is 16.4. The first-order chi connectivity index (χ1) is 14.0. The third-order valence-corrected chi connectivity index (χ3v) is 6.72. The van der Waals surface area contributed by atoms with E-state index in [1.807, 2.05) is 41.1 Å². The Labute approximate surface area is 173 Å². The van der Waals surface area contributed by atoms with Gasteiger partial charge in [-0.25, -0.2) is 4.52 Å². The summed E-state index contributed by atoms with van der Waals surface area (Å²) in [7, 11) is 0. The second-order valence-corrected chi connectivity index (χ2v) is 8.53. The molecule has 0 bridgehead atoms. The number of nitrogens with zero attached hydrogens (tertiary/aromatic N) is 5. The SMILES string of the molecule is C[C@H]1[C@H](C)CCC[C@H]1n1ccc2c(nnc3c(-c4ccc(Cl)cc4)cnn32)c1=O. The van der Waals surface area contributed by atoms with E-state index in [-0.39, 0.29) is 11.6 Å². The van der Waals surface area contributed by atoms with Crippen molar-refractivity contribution in [1.82, 2.24) is 24.4 Å². The fraction of sp³-hybridized carbons (Fsp3) is 0.364. The van der Waals surface area contributed by atoms with Gasteiger partial charge in [0, 0.05) is 22.8 Å². The van der Waals surface area contributed by atoms with Crippen LogP contribution in [0.25, 0.3) is 27.8 Å². The highest BCUT2D eigenvalue weighted by molar-refractivity contribution is 6.30. The van der Waals surface area contributed by atoms with E-state index in [1.165, 1.54) is 6.42 Å². The lowest BCUT2D eigenvalue weighted by Crippen LogP contribution is -2.34. The summed E-state index contributed by atoms with van der Waals surface area (Å²) in [5.74, 6) is 1.06. The number of halogens is 1. The van der Waals surface area contributed by atoms with Crippen LogP contribution in [0.5, 0.6) is 0 Å². The van der Waals surface area contributed by atoms with E-state index in [9.17, 15) is 4.79 Å². The quantitative estimate of drug-likeness (QED) is 0.480. The summed E-state index contributed by atoms with van der Waals surface area (Å²) in [5, 5.41) is 13.8. The Bertz CT molecular complexity index is 1260. The Morgan fingerprint density at radius 1 is 1.07 bits per heavy atom. The van der Waals surface area contributed by atoms with Crippen molar-refractivity contribution in [2.45, 2.75) is 39.2 Å². The monoisotopic (exact) mass is 407 g/mol. The van der Waals surface area contributed by atoms with Gasteiger partial charge in [0.1, 0.15) is 5.52 Å². The van der Waals surface area contributed by atoms with E-state index in [4.69, 9.17) is 11.6 Å². The topological polar surface area (TPSA) is 65.1 Å². The summed E-state index contributed by atoms with van der Waals surface area (Å²) < 4.78 is 3.55. The Balaban J connectivity index is 1.65. The molecule has 3 aromatic heterocycles. The van der Waals surface area contributed by atoms with Crippen LogP contribution in [0.15, 0.2) is 47.5 Å². The molecule has 4 aromatic rings. The van der Waals surface area contributed by atoms with Gasteiger partial charge in [0.25, 0.3) is 5.56 Å². The van der Waals surface area contributed by atoms with Crippen molar-refractivity contribution in [3.05, 3.63) is 58.1 Å². The van der Waals surface area contributed by atoms with E-state index in [1.54, 1.807) is 10.7 Å². The second-order valence-electron chi connectivity index (χ2n) is 8.10. The fourth-order valence-electron chi connectivity index (χ4n) is 4.55. The van der Waals surface area contributed by atoms with Crippen molar-refractivity contribution >= 4 is 28.3 Å². The van der Waals surface area contributed by atoms with Gasteiger partial charge in [0.15, 0.2) is 11.2 Å². The van der Waals surface area contributed by atoms with Crippen molar-refractivity contribution in [3.8, 4) is 11.1 Å².